The van der Waals surface area contributed by atoms with Gasteiger partial charge in [0.25, 0.3) is 0 Å². The maximum absolute atomic E-state index is 11.8. The van der Waals surface area contributed by atoms with E-state index in [9.17, 15) is 9.90 Å². The topological polar surface area (TPSA) is 55.8 Å². The molecule has 0 aromatic rings. The van der Waals surface area contributed by atoms with Crippen LogP contribution in [0.2, 0.25) is 0 Å². The van der Waals surface area contributed by atoms with E-state index in [1.54, 1.807) is 12.5 Å². The molecule has 3 saturated carbocycles. The second-order valence-electron chi connectivity index (χ2n) is 11.8. The predicted molar refractivity (Wildman–Crippen MR) is 125 cm³/mol. The van der Waals surface area contributed by atoms with Gasteiger partial charge in [0.15, 0.2) is 0 Å². The van der Waals surface area contributed by atoms with Gasteiger partial charge in [-0.1, -0.05) is 18.1 Å². The lowest BCUT2D eigenvalue weighted by atomic mass is 9.44. The lowest BCUT2D eigenvalue weighted by Crippen LogP contribution is -2.57. The minimum absolute atomic E-state index is 0.0308. The number of hydrogen-bond donors (Lipinski definition) is 1. The number of ether oxygens (including phenoxy) is 2. The Kier molecular flexibility index (Phi) is 5.97. The third kappa shape index (κ3) is 3.47. The molecule has 0 spiro atoms. The van der Waals surface area contributed by atoms with E-state index < -0.39 is 0 Å². The highest BCUT2D eigenvalue weighted by molar-refractivity contribution is 5.66. The second kappa shape index (κ2) is 8.49. The molecule has 32 heavy (non-hydrogen) atoms. The van der Waals surface area contributed by atoms with Crippen LogP contribution in [0, 0.1) is 34.5 Å². The zero-order valence-electron chi connectivity index (χ0n) is 20.3. The highest BCUT2D eigenvalue weighted by atomic mass is 16.5. The van der Waals surface area contributed by atoms with Crippen LogP contribution in [0.25, 0.3) is 0 Å². The van der Waals surface area contributed by atoms with E-state index in [0.717, 1.165) is 58.0 Å². The number of hydrogen-bond acceptors (Lipinski definition) is 4. The van der Waals surface area contributed by atoms with Gasteiger partial charge in [0, 0.05) is 30.1 Å². The molecule has 5 aliphatic carbocycles. The van der Waals surface area contributed by atoms with Crippen molar-refractivity contribution in [3.05, 3.63) is 23.0 Å². The summed E-state index contributed by atoms with van der Waals surface area (Å²) in [6, 6.07) is 0. The summed E-state index contributed by atoms with van der Waals surface area (Å²) >= 11 is 0. The number of esters is 1. The van der Waals surface area contributed by atoms with Gasteiger partial charge in [-0.15, -0.1) is 0 Å². The SMILES string of the molecule is CC(=O)O[C@H]1CC[C@H]2[C@@H]3[C@H](COC4=CCCC4)CC4=C(C)CCC[C@]4(CO)[C@H]3CC[C@]12C. The number of allylic oxidation sites excluding steroid dienone is 3. The van der Waals surface area contributed by atoms with Gasteiger partial charge in [-0.05, 0) is 95.0 Å². The van der Waals surface area contributed by atoms with Gasteiger partial charge >= 0.3 is 5.97 Å². The van der Waals surface area contributed by atoms with Crippen LogP contribution < -0.4 is 0 Å². The van der Waals surface area contributed by atoms with Crippen molar-refractivity contribution in [3.8, 4) is 0 Å². The molecule has 0 amide bonds. The predicted octanol–water partition coefficient (Wildman–Crippen LogP) is 5.94. The zero-order valence-corrected chi connectivity index (χ0v) is 20.3. The maximum atomic E-state index is 11.8. The molecule has 0 aliphatic heterocycles. The van der Waals surface area contributed by atoms with E-state index >= 15 is 0 Å². The molecular weight excluding hydrogens is 400 g/mol. The van der Waals surface area contributed by atoms with Gasteiger partial charge in [0.1, 0.15) is 6.10 Å². The van der Waals surface area contributed by atoms with Crippen LogP contribution >= 0.6 is 0 Å². The first-order chi connectivity index (χ1) is 15.4. The molecule has 4 heteroatoms. The second-order valence-corrected chi connectivity index (χ2v) is 11.8. The van der Waals surface area contributed by atoms with Crippen molar-refractivity contribution in [3.63, 3.8) is 0 Å². The van der Waals surface area contributed by atoms with Crippen molar-refractivity contribution in [1.82, 2.24) is 0 Å². The van der Waals surface area contributed by atoms with E-state index in [1.807, 2.05) is 0 Å². The number of aliphatic hydroxyl groups is 1. The molecule has 0 aromatic carbocycles. The molecule has 0 radical (unpaired) electrons. The lowest BCUT2D eigenvalue weighted by Gasteiger charge is -2.61. The van der Waals surface area contributed by atoms with Crippen molar-refractivity contribution < 1.29 is 19.4 Å². The molecule has 178 valence electrons. The summed E-state index contributed by atoms with van der Waals surface area (Å²) in [6.07, 6.45) is 14.7. The molecule has 0 unspecified atom stereocenters. The van der Waals surface area contributed by atoms with Crippen LogP contribution in [0.5, 0.6) is 0 Å². The minimum Gasteiger partial charge on any atom is -0.498 e. The highest BCUT2D eigenvalue weighted by Gasteiger charge is 2.63. The Morgan fingerprint density at radius 3 is 2.72 bits per heavy atom. The molecular formula is C28H42O4. The number of carbonyl (C=O) groups excluding carboxylic acids is 1. The molecule has 5 rings (SSSR count). The Balaban J connectivity index is 1.50. The summed E-state index contributed by atoms with van der Waals surface area (Å²) in [6.45, 7) is 7.34. The molecule has 0 aromatic heterocycles. The average Bonchev–Trinajstić information content (AvgIpc) is 3.40. The molecule has 4 nitrogen and oxygen atoms in total. The van der Waals surface area contributed by atoms with E-state index in [4.69, 9.17) is 9.47 Å². The molecule has 0 saturated heterocycles. The quantitative estimate of drug-likeness (QED) is 0.423. The van der Waals surface area contributed by atoms with E-state index in [1.165, 1.54) is 30.6 Å². The first-order valence-electron chi connectivity index (χ1n) is 13.2. The molecule has 1 N–H and O–H groups in total. The summed E-state index contributed by atoms with van der Waals surface area (Å²) in [5, 5.41) is 10.9. The van der Waals surface area contributed by atoms with Crippen LogP contribution in [-0.2, 0) is 14.3 Å². The molecule has 5 aliphatic rings. The number of carbonyl (C=O) groups is 1. The van der Waals surface area contributed by atoms with Crippen molar-refractivity contribution in [2.75, 3.05) is 13.2 Å². The van der Waals surface area contributed by atoms with Gasteiger partial charge in [-0.3, -0.25) is 4.79 Å². The molecule has 3 fully saturated rings. The van der Waals surface area contributed by atoms with Crippen molar-refractivity contribution in [2.45, 2.75) is 97.5 Å². The monoisotopic (exact) mass is 442 g/mol. The summed E-state index contributed by atoms with van der Waals surface area (Å²) in [5.41, 5.74) is 3.13. The van der Waals surface area contributed by atoms with Gasteiger partial charge in [0.05, 0.1) is 19.0 Å². The van der Waals surface area contributed by atoms with Crippen LogP contribution in [0.4, 0.5) is 0 Å². The summed E-state index contributed by atoms with van der Waals surface area (Å²) in [7, 11) is 0. The molecule has 7 atom stereocenters. The fourth-order valence-corrected chi connectivity index (χ4v) is 8.87. The lowest BCUT2D eigenvalue weighted by molar-refractivity contribution is -0.161. The van der Waals surface area contributed by atoms with E-state index in [-0.39, 0.29) is 29.5 Å². The Labute approximate surface area is 193 Å². The largest absolute Gasteiger partial charge is 0.498 e. The van der Waals surface area contributed by atoms with Gasteiger partial charge in [0.2, 0.25) is 0 Å². The summed E-state index contributed by atoms with van der Waals surface area (Å²) in [5.74, 6) is 3.15. The fourth-order valence-electron chi connectivity index (χ4n) is 8.87. The standard InChI is InChI=1S/C28H42O4/c1-18-7-6-13-28(17-29)23-12-14-27(3)22(10-11-25(27)32-19(2)30)26(23)20(15-24(18)28)16-31-21-8-4-5-9-21/h8,20,22-23,25-26,29H,4-7,9-17H2,1-3H3/t20-,22-,23-,25-,26-,27-,28-/m0/s1. The highest BCUT2D eigenvalue weighted by Crippen LogP contribution is 2.67. The maximum Gasteiger partial charge on any atom is 0.302 e. The first kappa shape index (κ1) is 22.5. The smallest absolute Gasteiger partial charge is 0.302 e. The summed E-state index contributed by atoms with van der Waals surface area (Å²) in [4.78, 5) is 11.8. The van der Waals surface area contributed by atoms with Crippen LogP contribution in [0.15, 0.2) is 23.0 Å². The van der Waals surface area contributed by atoms with Crippen molar-refractivity contribution >= 4 is 5.97 Å². The van der Waals surface area contributed by atoms with E-state index in [2.05, 4.69) is 19.9 Å². The van der Waals surface area contributed by atoms with Crippen molar-refractivity contribution in [2.24, 2.45) is 34.5 Å². The summed E-state index contributed by atoms with van der Waals surface area (Å²) < 4.78 is 12.3. The Bertz CT molecular complexity index is 812. The number of fused-ring (bicyclic) bond motifs is 5. The Morgan fingerprint density at radius 2 is 2.00 bits per heavy atom. The van der Waals surface area contributed by atoms with Gasteiger partial charge in [-0.2, -0.15) is 0 Å². The fraction of sp³-hybridized carbons (Fsp3) is 0.821. The molecule has 0 bridgehead atoms. The normalized spacial score (nSPS) is 43.2. The van der Waals surface area contributed by atoms with Crippen LogP contribution in [0.3, 0.4) is 0 Å². The van der Waals surface area contributed by atoms with Crippen LogP contribution in [0.1, 0.15) is 91.4 Å². The zero-order chi connectivity index (χ0) is 22.5. The average molecular weight is 443 g/mol. The third-order valence-electron chi connectivity index (χ3n) is 10.3. The Hall–Kier alpha value is -1.29. The number of rotatable bonds is 5. The van der Waals surface area contributed by atoms with Gasteiger partial charge in [-0.25, -0.2) is 0 Å². The third-order valence-corrected chi connectivity index (χ3v) is 10.3. The minimum atomic E-state index is -0.143. The van der Waals surface area contributed by atoms with Crippen molar-refractivity contribution in [1.29, 1.82) is 0 Å². The Morgan fingerprint density at radius 1 is 1.16 bits per heavy atom. The number of aliphatic hydroxyl groups excluding tert-OH is 1. The van der Waals surface area contributed by atoms with Crippen LogP contribution in [-0.4, -0.2) is 30.4 Å². The van der Waals surface area contributed by atoms with Gasteiger partial charge < -0.3 is 14.6 Å². The molecule has 0 heterocycles. The van der Waals surface area contributed by atoms with E-state index in [0.29, 0.717) is 23.7 Å². The first-order valence-corrected chi connectivity index (χ1v) is 13.2.